The number of methoxy groups -OCH3 is 2. The molecular formula is C46H75NO14. The summed E-state index contributed by atoms with van der Waals surface area (Å²) in [5, 5.41) is 58.0. The minimum atomic E-state index is -1.97. The SMILES string of the molecule is C/C=C/[C@@H]1O[C@](O)([C@@H](C)[C@@H](O)[C@@H](C)[C@@H]2OC(=O)/C(OC)=C\C(C)=C/[C@H](C)[C@H](O)[C@H](CC)[C@@H](O)[C@H](C)C/C(C)=C\C=C/[C@@H]2OC)C[C@H](O[C@H]2C[C@H](O)[C@H](OC(N)=O)[C@@H](C)O2)[C@@H]1C. The molecule has 61 heavy (non-hydrogen) atoms. The van der Waals surface area contributed by atoms with Crippen LogP contribution in [0.4, 0.5) is 4.79 Å². The van der Waals surface area contributed by atoms with Gasteiger partial charge in [-0.15, -0.1) is 0 Å². The third-order valence-corrected chi connectivity index (χ3v) is 12.8. The summed E-state index contributed by atoms with van der Waals surface area (Å²) in [6, 6.07) is 0. The number of carbonyl (C=O) groups is 2. The summed E-state index contributed by atoms with van der Waals surface area (Å²) in [5.74, 6) is -6.00. The number of primary amides is 1. The summed E-state index contributed by atoms with van der Waals surface area (Å²) in [4.78, 5) is 25.4. The molecule has 3 heterocycles. The van der Waals surface area contributed by atoms with Crippen molar-refractivity contribution in [1.29, 1.82) is 0 Å². The molecule has 1 amide bonds. The summed E-state index contributed by atoms with van der Waals surface area (Å²) < 4.78 is 41.4. The van der Waals surface area contributed by atoms with Gasteiger partial charge in [-0.1, -0.05) is 89.1 Å². The van der Waals surface area contributed by atoms with Gasteiger partial charge in [0, 0.05) is 49.5 Å². The molecule has 3 rings (SSSR count). The predicted octanol–water partition coefficient (Wildman–Crippen LogP) is 4.98. The lowest BCUT2D eigenvalue weighted by molar-refractivity contribution is -0.338. The van der Waals surface area contributed by atoms with Gasteiger partial charge in [0.15, 0.2) is 18.2 Å². The van der Waals surface area contributed by atoms with E-state index < -0.39 is 97.0 Å². The van der Waals surface area contributed by atoms with E-state index >= 15 is 0 Å². The molecule has 0 unspecified atom stereocenters. The number of amides is 1. The van der Waals surface area contributed by atoms with Crippen molar-refractivity contribution in [2.75, 3.05) is 14.2 Å². The minimum absolute atomic E-state index is 0.0313. The molecule has 18 atom stereocenters. The van der Waals surface area contributed by atoms with E-state index in [0.717, 1.165) is 5.57 Å². The van der Waals surface area contributed by atoms with E-state index in [0.29, 0.717) is 18.4 Å². The third-order valence-electron chi connectivity index (χ3n) is 12.8. The van der Waals surface area contributed by atoms with E-state index in [1.807, 2.05) is 53.7 Å². The van der Waals surface area contributed by atoms with Crippen molar-refractivity contribution < 1.29 is 68.3 Å². The monoisotopic (exact) mass is 866 g/mol. The van der Waals surface area contributed by atoms with E-state index in [1.54, 1.807) is 52.0 Å². The van der Waals surface area contributed by atoms with Crippen LogP contribution in [0.25, 0.3) is 0 Å². The van der Waals surface area contributed by atoms with Crippen molar-refractivity contribution in [3.63, 3.8) is 0 Å². The molecule has 0 aromatic rings. The fourth-order valence-electron chi connectivity index (χ4n) is 8.94. The van der Waals surface area contributed by atoms with Gasteiger partial charge in [-0.2, -0.15) is 0 Å². The van der Waals surface area contributed by atoms with E-state index in [9.17, 15) is 35.1 Å². The van der Waals surface area contributed by atoms with Crippen LogP contribution in [-0.4, -0.2) is 125 Å². The molecule has 15 heteroatoms. The standard InChI is InChI=1S/C46H75NO14/c1-13-16-34-28(7)37(58-38-22-33(48)43(31(10)57-38)60-45(47)53)23-46(54,61-34)30(9)41(51)29(8)42-35(55-11)18-15-17-24(3)19-26(5)39(49)32(14-2)40(50)27(6)20-25(4)21-36(56-12)44(52)59-42/h13,15-18,20-21,26-35,37-43,48-51,54H,14,19,22-23H2,1-12H3,(H2,47,53)/b16-13+,18-15-,24-17-,25-20-,36-21+/t26-,27+,28-,29-,30+,31-,32-,33+,34+,35+,37+,38+,39+,40+,41+,42+,43-,46+/m1/s1. The normalized spacial score (nSPS) is 42.2. The van der Waals surface area contributed by atoms with Crippen LogP contribution in [0.1, 0.15) is 94.9 Å². The third kappa shape index (κ3) is 13.7. The van der Waals surface area contributed by atoms with Gasteiger partial charge in [-0.25, -0.2) is 9.59 Å². The van der Waals surface area contributed by atoms with Crippen LogP contribution in [0.15, 0.2) is 59.4 Å². The number of aliphatic hydroxyl groups excluding tert-OH is 4. The molecule has 0 bridgehead atoms. The van der Waals surface area contributed by atoms with Crippen LogP contribution in [0, 0.1) is 35.5 Å². The zero-order valence-electron chi connectivity index (χ0n) is 38.2. The maximum Gasteiger partial charge on any atom is 0.404 e. The lowest BCUT2D eigenvalue weighted by Crippen LogP contribution is -2.59. The molecule has 0 aliphatic carbocycles. The van der Waals surface area contributed by atoms with Crippen LogP contribution in [0.5, 0.6) is 0 Å². The average molecular weight is 866 g/mol. The first-order chi connectivity index (χ1) is 28.6. The van der Waals surface area contributed by atoms with Crippen molar-refractivity contribution in [2.24, 2.45) is 41.2 Å². The van der Waals surface area contributed by atoms with Gasteiger partial charge in [-0.3, -0.25) is 0 Å². The highest BCUT2D eigenvalue weighted by Gasteiger charge is 2.52. The second-order valence-electron chi connectivity index (χ2n) is 17.5. The van der Waals surface area contributed by atoms with Gasteiger partial charge >= 0.3 is 12.1 Å². The second kappa shape index (κ2) is 23.5. The molecule has 2 fully saturated rings. The zero-order chi connectivity index (χ0) is 45.9. The van der Waals surface area contributed by atoms with Crippen molar-refractivity contribution in [1.82, 2.24) is 0 Å². The number of ether oxygens (including phenoxy) is 7. The van der Waals surface area contributed by atoms with E-state index in [-0.39, 0.29) is 42.3 Å². The number of cyclic esters (lactones) is 1. The van der Waals surface area contributed by atoms with Crippen LogP contribution in [0.3, 0.4) is 0 Å². The lowest BCUT2D eigenvalue weighted by Gasteiger charge is -2.49. The Bertz CT molecular complexity index is 1570. The van der Waals surface area contributed by atoms with Crippen LogP contribution < -0.4 is 5.73 Å². The number of aliphatic hydroxyl groups is 5. The molecule has 15 nitrogen and oxygen atoms in total. The zero-order valence-corrected chi connectivity index (χ0v) is 38.2. The smallest absolute Gasteiger partial charge is 0.404 e. The van der Waals surface area contributed by atoms with Crippen LogP contribution in [0.2, 0.25) is 0 Å². The first kappa shape index (κ1) is 52.2. The average Bonchev–Trinajstić information content (AvgIpc) is 3.19. The summed E-state index contributed by atoms with van der Waals surface area (Å²) >= 11 is 0. The number of carbonyl (C=O) groups excluding carboxylic acids is 2. The van der Waals surface area contributed by atoms with Gasteiger partial charge in [0.1, 0.15) is 12.2 Å². The summed E-state index contributed by atoms with van der Waals surface area (Å²) in [6.45, 7) is 18.2. The Hall–Kier alpha value is -3.12. The number of nitrogens with two attached hydrogens (primary N) is 1. The molecule has 0 radical (unpaired) electrons. The first-order valence-electron chi connectivity index (χ1n) is 21.7. The highest BCUT2D eigenvalue weighted by atomic mass is 16.7. The number of esters is 1. The molecule has 3 aliphatic rings. The summed E-state index contributed by atoms with van der Waals surface area (Å²) in [5.41, 5.74) is 6.78. The number of hydrogen-bond acceptors (Lipinski definition) is 14. The maximum absolute atomic E-state index is 13.9. The van der Waals surface area contributed by atoms with Crippen LogP contribution in [-0.2, 0) is 38.0 Å². The van der Waals surface area contributed by atoms with Crippen LogP contribution >= 0.6 is 0 Å². The van der Waals surface area contributed by atoms with Gasteiger partial charge in [-0.05, 0) is 52.5 Å². The Labute approximate surface area is 362 Å². The molecule has 0 aromatic heterocycles. The molecule has 7 N–H and O–H groups in total. The van der Waals surface area contributed by atoms with Crippen molar-refractivity contribution in [3.8, 4) is 0 Å². The highest BCUT2D eigenvalue weighted by Crippen LogP contribution is 2.42. The largest absolute Gasteiger partial charge is 0.490 e. The summed E-state index contributed by atoms with van der Waals surface area (Å²) in [7, 11) is 2.81. The topological polar surface area (TPSA) is 226 Å². The minimum Gasteiger partial charge on any atom is -0.490 e. The fraction of sp³-hybridized carbons (Fsp3) is 0.739. The first-order valence-corrected chi connectivity index (χ1v) is 21.7. The van der Waals surface area contributed by atoms with Crippen molar-refractivity contribution in [3.05, 3.63) is 59.4 Å². The Morgan fingerprint density at radius 3 is 2.34 bits per heavy atom. The molecule has 2 saturated heterocycles. The van der Waals surface area contributed by atoms with Gasteiger partial charge in [0.25, 0.3) is 0 Å². The van der Waals surface area contributed by atoms with E-state index in [4.69, 9.17) is 38.9 Å². The Kier molecular flexibility index (Phi) is 20.1. The Morgan fingerprint density at radius 2 is 1.77 bits per heavy atom. The number of rotatable bonds is 11. The molecule has 3 aliphatic heterocycles. The Morgan fingerprint density at radius 1 is 1.10 bits per heavy atom. The highest BCUT2D eigenvalue weighted by molar-refractivity contribution is 5.87. The van der Waals surface area contributed by atoms with E-state index in [1.165, 1.54) is 20.3 Å². The molecule has 0 saturated carbocycles. The van der Waals surface area contributed by atoms with Gasteiger partial charge < -0.3 is 64.4 Å². The quantitative estimate of drug-likeness (QED) is 0.119. The molecule has 348 valence electrons. The van der Waals surface area contributed by atoms with Gasteiger partial charge in [0.2, 0.25) is 5.76 Å². The second-order valence-corrected chi connectivity index (χ2v) is 17.5. The van der Waals surface area contributed by atoms with Crippen molar-refractivity contribution >= 4 is 12.1 Å². The molecule has 0 aromatic carbocycles. The predicted molar refractivity (Wildman–Crippen MR) is 228 cm³/mol. The van der Waals surface area contributed by atoms with Crippen molar-refractivity contribution in [2.45, 2.75) is 168 Å². The Balaban J connectivity index is 2.00. The fourth-order valence-corrected chi connectivity index (χ4v) is 8.94. The maximum atomic E-state index is 13.9. The molecule has 0 spiro atoms. The number of allylic oxidation sites excluding steroid dienone is 6. The lowest BCUT2D eigenvalue weighted by atomic mass is 9.77. The van der Waals surface area contributed by atoms with Gasteiger partial charge in [0.05, 0.1) is 49.8 Å². The summed E-state index contributed by atoms with van der Waals surface area (Å²) in [6.07, 6.45) is 2.20. The van der Waals surface area contributed by atoms with E-state index in [2.05, 4.69) is 0 Å². The molecular weight excluding hydrogens is 790 g/mol. The number of hydrogen-bond donors (Lipinski definition) is 6.